The number of ketones is 2. The van der Waals surface area contributed by atoms with Gasteiger partial charge >= 0.3 is 5.97 Å². The molecule has 5 rings (SSSR count). The molecule has 1 N–H and O–H groups in total. The lowest BCUT2D eigenvalue weighted by Gasteiger charge is -2.47. The van der Waals surface area contributed by atoms with E-state index < -0.39 is 17.2 Å². The molecule has 3 atom stereocenters. The maximum Gasteiger partial charge on any atom is 0.336 e. The van der Waals surface area contributed by atoms with E-state index in [1.165, 1.54) is 12.1 Å². The molecular weight excluding hydrogens is 512 g/mol. The highest BCUT2D eigenvalue weighted by Gasteiger charge is 2.48. The first kappa shape index (κ1) is 27.1. The maximum absolute atomic E-state index is 13.9. The number of aromatic carboxylic acids is 1. The van der Waals surface area contributed by atoms with Crippen molar-refractivity contribution >= 4 is 40.5 Å². The highest BCUT2D eigenvalue weighted by molar-refractivity contribution is 6.30. The van der Waals surface area contributed by atoms with E-state index in [2.05, 4.69) is 11.9 Å². The number of carboxylic acid groups (broad SMARTS) is 1. The van der Waals surface area contributed by atoms with Crippen LogP contribution in [0.25, 0.3) is 0 Å². The Labute approximate surface area is 234 Å². The van der Waals surface area contributed by atoms with Crippen molar-refractivity contribution in [3.63, 3.8) is 0 Å². The van der Waals surface area contributed by atoms with Crippen molar-refractivity contribution in [3.8, 4) is 0 Å². The lowest BCUT2D eigenvalue weighted by atomic mass is 9.56. The Bertz CT molecular complexity index is 1400. The number of nitrogens with zero attached hydrogens (tertiary/aromatic N) is 2. The second-order valence-electron chi connectivity index (χ2n) is 11.1. The number of carbonyl (C=O) groups excluding carboxylic acids is 2. The lowest BCUT2D eigenvalue weighted by molar-refractivity contribution is 0.0313. The molecule has 2 aliphatic carbocycles. The van der Waals surface area contributed by atoms with Crippen LogP contribution in [-0.2, 0) is 0 Å². The average molecular weight is 545 g/mol. The molecule has 7 heteroatoms. The van der Waals surface area contributed by atoms with Gasteiger partial charge in [-0.05, 0) is 86.1 Å². The van der Waals surface area contributed by atoms with Gasteiger partial charge in [0.05, 0.1) is 17.4 Å². The van der Waals surface area contributed by atoms with E-state index in [1.54, 1.807) is 36.5 Å². The summed E-state index contributed by atoms with van der Waals surface area (Å²) in [6, 6.07) is 15.2. The predicted octanol–water partition coefficient (Wildman–Crippen LogP) is 7.61. The molecule has 3 aromatic rings. The fourth-order valence-corrected chi connectivity index (χ4v) is 6.74. The summed E-state index contributed by atoms with van der Waals surface area (Å²) < 4.78 is 0. The molecule has 0 amide bonds. The number of carbonyl (C=O) groups is 3. The van der Waals surface area contributed by atoms with Gasteiger partial charge in [0.15, 0.2) is 5.78 Å². The summed E-state index contributed by atoms with van der Waals surface area (Å²) in [6.45, 7) is 2.17. The summed E-state index contributed by atoms with van der Waals surface area (Å²) in [7, 11) is 1.89. The normalized spacial score (nSPS) is 22.2. The van der Waals surface area contributed by atoms with Crippen LogP contribution in [0.15, 0.2) is 60.8 Å². The molecule has 2 saturated carbocycles. The van der Waals surface area contributed by atoms with E-state index in [0.717, 1.165) is 56.3 Å². The van der Waals surface area contributed by atoms with Gasteiger partial charge in [0.25, 0.3) is 0 Å². The maximum atomic E-state index is 13.9. The number of carboxylic acids is 1. The number of hydrogen-bond acceptors (Lipinski definition) is 5. The van der Waals surface area contributed by atoms with Gasteiger partial charge in [0, 0.05) is 34.3 Å². The minimum Gasteiger partial charge on any atom is -0.478 e. The van der Waals surface area contributed by atoms with Crippen molar-refractivity contribution in [3.05, 3.63) is 88.2 Å². The number of anilines is 2. The highest BCUT2D eigenvalue weighted by Crippen LogP contribution is 2.53. The highest BCUT2D eigenvalue weighted by atomic mass is 35.5. The number of aromatic nitrogens is 1. The number of fused-ring (bicyclic) bond motifs is 2. The molecule has 2 aliphatic rings. The Kier molecular flexibility index (Phi) is 7.59. The molecule has 2 fully saturated rings. The number of halogens is 1. The van der Waals surface area contributed by atoms with Gasteiger partial charge in [-0.25, -0.2) is 4.79 Å². The van der Waals surface area contributed by atoms with E-state index in [9.17, 15) is 19.5 Å². The zero-order chi connectivity index (χ0) is 27.7. The second-order valence-corrected chi connectivity index (χ2v) is 11.6. The van der Waals surface area contributed by atoms with Crippen LogP contribution in [0.5, 0.6) is 0 Å². The van der Waals surface area contributed by atoms with E-state index in [4.69, 9.17) is 11.6 Å². The van der Waals surface area contributed by atoms with Crippen molar-refractivity contribution in [1.29, 1.82) is 0 Å². The number of benzene rings is 2. The first-order valence-corrected chi connectivity index (χ1v) is 14.0. The molecule has 1 aromatic heterocycles. The first-order chi connectivity index (χ1) is 18.7. The van der Waals surface area contributed by atoms with Gasteiger partial charge in [0.1, 0.15) is 5.69 Å². The predicted molar refractivity (Wildman–Crippen MR) is 152 cm³/mol. The fourth-order valence-electron chi connectivity index (χ4n) is 6.62. The Morgan fingerprint density at radius 2 is 1.77 bits per heavy atom. The summed E-state index contributed by atoms with van der Waals surface area (Å²) >= 11 is 5.98. The molecule has 202 valence electrons. The molecule has 0 radical (unpaired) electrons. The molecular formula is C32H33ClN2O4. The van der Waals surface area contributed by atoms with E-state index in [1.807, 2.05) is 24.1 Å². The van der Waals surface area contributed by atoms with Gasteiger partial charge in [-0.1, -0.05) is 43.9 Å². The number of rotatable bonds is 8. The third-order valence-electron chi connectivity index (χ3n) is 8.69. The molecule has 2 bridgehead atoms. The average Bonchev–Trinajstić information content (AvgIpc) is 2.96. The third-order valence-corrected chi connectivity index (χ3v) is 8.94. The number of hydrogen-bond donors (Lipinski definition) is 1. The Morgan fingerprint density at radius 1 is 1.03 bits per heavy atom. The summed E-state index contributed by atoms with van der Waals surface area (Å²) in [5, 5.41) is 10.7. The zero-order valence-electron chi connectivity index (χ0n) is 22.3. The third kappa shape index (κ3) is 5.35. The summed E-state index contributed by atoms with van der Waals surface area (Å²) in [5.41, 5.74) is 1.70. The molecule has 0 saturated heterocycles. The van der Waals surface area contributed by atoms with Gasteiger partial charge in [-0.3, -0.25) is 14.6 Å². The van der Waals surface area contributed by atoms with Crippen LogP contribution >= 0.6 is 11.6 Å². The Hall–Kier alpha value is -3.51. The van der Waals surface area contributed by atoms with Crippen LogP contribution in [0, 0.1) is 17.3 Å². The molecule has 39 heavy (non-hydrogen) atoms. The van der Waals surface area contributed by atoms with Crippen LogP contribution in [0.3, 0.4) is 0 Å². The summed E-state index contributed by atoms with van der Waals surface area (Å²) in [6.07, 6.45) is 8.40. The second kappa shape index (κ2) is 10.9. The van der Waals surface area contributed by atoms with E-state index >= 15 is 0 Å². The molecule has 3 unspecified atom stereocenters. The van der Waals surface area contributed by atoms with Gasteiger partial charge in [-0.2, -0.15) is 0 Å². The summed E-state index contributed by atoms with van der Waals surface area (Å²) in [5.74, 6) is -0.642. The van der Waals surface area contributed by atoms with E-state index in [0.29, 0.717) is 16.9 Å². The SMILES string of the molecule is CCC1CC2CCCC(C(=O)c3ccc(C(=O)c4ccc(N(C)c5ccc(Cl)cc5)cn4)cc3C(=O)O)(C1)C2. The molecule has 0 aliphatic heterocycles. The molecule has 0 spiro atoms. The smallest absolute Gasteiger partial charge is 0.336 e. The van der Waals surface area contributed by atoms with Crippen LogP contribution in [-0.4, -0.2) is 34.7 Å². The molecule has 6 nitrogen and oxygen atoms in total. The minimum atomic E-state index is -1.20. The van der Waals surface area contributed by atoms with Crippen molar-refractivity contribution < 1.29 is 19.5 Å². The lowest BCUT2D eigenvalue weighted by Crippen LogP contribution is -2.43. The van der Waals surface area contributed by atoms with Crippen LogP contribution in [0.1, 0.15) is 88.6 Å². The van der Waals surface area contributed by atoms with Crippen molar-refractivity contribution in [2.45, 2.75) is 51.9 Å². The van der Waals surface area contributed by atoms with Crippen LogP contribution < -0.4 is 4.90 Å². The van der Waals surface area contributed by atoms with Crippen LogP contribution in [0.4, 0.5) is 11.4 Å². The zero-order valence-corrected chi connectivity index (χ0v) is 23.1. The van der Waals surface area contributed by atoms with E-state index in [-0.39, 0.29) is 28.2 Å². The standard InChI is InChI=1S/C32H33ClN2O4/c1-3-20-15-21-5-4-14-32(17-20,18-21)30(37)26-12-6-22(16-27(26)31(38)39)29(36)28-13-11-25(19-34-28)35(2)24-9-7-23(33)8-10-24/h6-13,16,19-21H,3-5,14-15,17-18H2,1-2H3,(H,38,39). The van der Waals surface area contributed by atoms with Crippen LogP contribution in [0.2, 0.25) is 5.02 Å². The first-order valence-electron chi connectivity index (χ1n) is 13.6. The number of Topliss-reactive ketones (excluding diaryl/α,β-unsaturated/α-hetero) is 1. The minimum absolute atomic E-state index is 0.0746. The van der Waals surface area contributed by atoms with Crippen molar-refractivity contribution in [2.24, 2.45) is 17.3 Å². The molecule has 1 heterocycles. The number of pyridine rings is 1. The van der Waals surface area contributed by atoms with Crippen molar-refractivity contribution in [1.82, 2.24) is 4.98 Å². The largest absolute Gasteiger partial charge is 0.478 e. The van der Waals surface area contributed by atoms with Gasteiger partial charge in [-0.15, -0.1) is 0 Å². The quantitative estimate of drug-likeness (QED) is 0.293. The monoisotopic (exact) mass is 544 g/mol. The van der Waals surface area contributed by atoms with Crippen molar-refractivity contribution in [2.75, 3.05) is 11.9 Å². The molecule has 2 aromatic carbocycles. The topological polar surface area (TPSA) is 87.6 Å². The van der Waals surface area contributed by atoms with Gasteiger partial charge < -0.3 is 10.0 Å². The van der Waals surface area contributed by atoms with Gasteiger partial charge in [0.2, 0.25) is 5.78 Å². The Morgan fingerprint density at radius 3 is 2.44 bits per heavy atom. The fraction of sp³-hybridized carbons (Fsp3) is 0.375. The Balaban J connectivity index is 1.40. The summed E-state index contributed by atoms with van der Waals surface area (Å²) in [4.78, 5) is 45.8.